The maximum Gasteiger partial charge on any atom is 0.123 e. The van der Waals surface area contributed by atoms with E-state index >= 15 is 0 Å². The summed E-state index contributed by atoms with van der Waals surface area (Å²) in [4.78, 5) is 2.07. The molecule has 2 atom stereocenters. The van der Waals surface area contributed by atoms with E-state index in [1.54, 1.807) is 6.07 Å². The number of benzene rings is 2. The van der Waals surface area contributed by atoms with Gasteiger partial charge < -0.3 is 10.6 Å². The van der Waals surface area contributed by atoms with E-state index in [0.717, 1.165) is 21.8 Å². The molecule has 112 valence electrons. The first-order valence-corrected chi connectivity index (χ1v) is 7.32. The highest BCUT2D eigenvalue weighted by Crippen LogP contribution is 2.33. The van der Waals surface area contributed by atoms with E-state index < -0.39 is 0 Å². The van der Waals surface area contributed by atoms with Crippen molar-refractivity contribution in [1.82, 2.24) is 0 Å². The lowest BCUT2D eigenvalue weighted by Gasteiger charge is -2.30. The lowest BCUT2D eigenvalue weighted by atomic mass is 10.0. The van der Waals surface area contributed by atoms with Crippen molar-refractivity contribution in [3.63, 3.8) is 0 Å². The van der Waals surface area contributed by atoms with E-state index in [4.69, 9.17) is 17.3 Å². The van der Waals surface area contributed by atoms with E-state index in [0.29, 0.717) is 0 Å². The second-order valence-electron chi connectivity index (χ2n) is 5.30. The van der Waals surface area contributed by atoms with Crippen LogP contribution in [0.2, 0.25) is 5.02 Å². The van der Waals surface area contributed by atoms with Gasteiger partial charge in [0.1, 0.15) is 5.82 Å². The summed E-state index contributed by atoms with van der Waals surface area (Å²) in [5.74, 6) is -0.273. The molecule has 0 radical (unpaired) electrons. The van der Waals surface area contributed by atoms with Crippen LogP contribution >= 0.6 is 11.6 Å². The molecule has 0 aliphatic heterocycles. The highest BCUT2D eigenvalue weighted by Gasteiger charge is 2.19. The minimum absolute atomic E-state index is 0.0571. The number of rotatable bonds is 4. The highest BCUT2D eigenvalue weighted by atomic mass is 35.5. The largest absolute Gasteiger partial charge is 0.368 e. The highest BCUT2D eigenvalue weighted by molar-refractivity contribution is 6.31. The molecule has 0 aliphatic rings. The first-order valence-electron chi connectivity index (χ1n) is 6.94. The first kappa shape index (κ1) is 15.8. The number of nitrogens with two attached hydrogens (primary N) is 1. The molecule has 4 heteroatoms. The second kappa shape index (κ2) is 6.46. The number of hydrogen-bond acceptors (Lipinski definition) is 2. The monoisotopic (exact) mass is 306 g/mol. The molecule has 0 aliphatic carbocycles. The van der Waals surface area contributed by atoms with E-state index in [1.165, 1.54) is 12.1 Å². The topological polar surface area (TPSA) is 29.3 Å². The van der Waals surface area contributed by atoms with Crippen LogP contribution < -0.4 is 10.6 Å². The minimum atomic E-state index is -0.273. The molecule has 0 heterocycles. The average Bonchev–Trinajstić information content (AvgIpc) is 2.46. The Labute approximate surface area is 130 Å². The Morgan fingerprint density at radius 1 is 1.10 bits per heavy atom. The molecule has 0 saturated carbocycles. The van der Waals surface area contributed by atoms with Crippen LogP contribution in [0.5, 0.6) is 0 Å². The second-order valence-corrected chi connectivity index (χ2v) is 5.71. The molecule has 2 aromatic rings. The van der Waals surface area contributed by atoms with Gasteiger partial charge in [0.25, 0.3) is 0 Å². The van der Waals surface area contributed by atoms with Gasteiger partial charge in [-0.05, 0) is 49.2 Å². The molecule has 2 N–H and O–H groups in total. The lowest BCUT2D eigenvalue weighted by molar-refractivity contribution is 0.620. The van der Waals surface area contributed by atoms with Gasteiger partial charge in [0.05, 0.1) is 6.04 Å². The summed E-state index contributed by atoms with van der Waals surface area (Å²) in [6.07, 6.45) is 0. The van der Waals surface area contributed by atoms with Crippen molar-refractivity contribution >= 4 is 17.3 Å². The maximum absolute atomic E-state index is 13.5. The smallest absolute Gasteiger partial charge is 0.123 e. The van der Waals surface area contributed by atoms with Gasteiger partial charge in [0.15, 0.2) is 0 Å². The van der Waals surface area contributed by atoms with Crippen molar-refractivity contribution < 1.29 is 4.39 Å². The Balaban J connectivity index is 2.40. The van der Waals surface area contributed by atoms with Gasteiger partial charge in [-0.25, -0.2) is 4.39 Å². The van der Waals surface area contributed by atoms with Gasteiger partial charge in [-0.1, -0.05) is 29.8 Å². The van der Waals surface area contributed by atoms with E-state index in [2.05, 4.69) is 11.8 Å². The zero-order valence-electron chi connectivity index (χ0n) is 12.5. The lowest BCUT2D eigenvalue weighted by Crippen LogP contribution is -2.24. The standard InChI is InChI=1S/C17H20ClFN2/c1-11(20)15-10-13(19)8-9-17(15)21(3)12(2)14-6-4-5-7-16(14)18/h4-12H,20H2,1-3H3/t11-,12?/m0/s1. The summed E-state index contributed by atoms with van der Waals surface area (Å²) in [6, 6.07) is 12.3. The molecule has 21 heavy (non-hydrogen) atoms. The SMILES string of the molecule is CC(c1ccccc1Cl)N(C)c1ccc(F)cc1[C@H](C)N. The van der Waals surface area contributed by atoms with Crippen LogP contribution in [0.3, 0.4) is 0 Å². The fraction of sp³-hybridized carbons (Fsp3) is 0.294. The van der Waals surface area contributed by atoms with Gasteiger partial charge in [0.2, 0.25) is 0 Å². The van der Waals surface area contributed by atoms with Crippen molar-refractivity contribution in [2.75, 3.05) is 11.9 Å². The Hall–Kier alpha value is -1.58. The van der Waals surface area contributed by atoms with Crippen LogP contribution in [0, 0.1) is 5.82 Å². The van der Waals surface area contributed by atoms with Crippen molar-refractivity contribution in [1.29, 1.82) is 0 Å². The van der Waals surface area contributed by atoms with Crippen molar-refractivity contribution in [3.05, 3.63) is 64.4 Å². The molecule has 0 fully saturated rings. The number of nitrogens with zero attached hydrogens (tertiary/aromatic N) is 1. The summed E-state index contributed by atoms with van der Waals surface area (Å²) in [6.45, 7) is 3.92. The van der Waals surface area contributed by atoms with Crippen LogP contribution in [0.15, 0.2) is 42.5 Å². The molecule has 1 unspecified atom stereocenters. The van der Waals surface area contributed by atoms with Gasteiger partial charge in [-0.3, -0.25) is 0 Å². The number of hydrogen-bond donors (Lipinski definition) is 1. The molecule has 0 saturated heterocycles. The van der Waals surface area contributed by atoms with E-state index in [9.17, 15) is 4.39 Å². The minimum Gasteiger partial charge on any atom is -0.368 e. The van der Waals surface area contributed by atoms with Crippen molar-refractivity contribution in [3.8, 4) is 0 Å². The zero-order valence-corrected chi connectivity index (χ0v) is 13.2. The summed E-state index contributed by atoms with van der Waals surface area (Å²) in [7, 11) is 1.97. The van der Waals surface area contributed by atoms with Crippen molar-refractivity contribution in [2.24, 2.45) is 5.73 Å². The van der Waals surface area contributed by atoms with Gasteiger partial charge in [-0.2, -0.15) is 0 Å². The Morgan fingerprint density at radius 2 is 1.76 bits per heavy atom. The molecule has 2 nitrogen and oxygen atoms in total. The first-order chi connectivity index (χ1) is 9.91. The number of anilines is 1. The molecule has 2 rings (SSSR count). The van der Waals surface area contributed by atoms with Crippen LogP contribution in [0.25, 0.3) is 0 Å². The average molecular weight is 307 g/mol. The molecular formula is C17H20ClFN2. The zero-order chi connectivity index (χ0) is 15.6. The third kappa shape index (κ3) is 3.36. The third-order valence-corrected chi connectivity index (χ3v) is 4.14. The Bertz CT molecular complexity index is 628. The molecule has 0 bridgehead atoms. The van der Waals surface area contributed by atoms with Crippen LogP contribution in [0.4, 0.5) is 10.1 Å². The predicted molar refractivity (Wildman–Crippen MR) is 87.3 cm³/mol. The van der Waals surface area contributed by atoms with Crippen LogP contribution in [-0.2, 0) is 0 Å². The van der Waals surface area contributed by atoms with E-state index in [-0.39, 0.29) is 17.9 Å². The molecule has 0 spiro atoms. The van der Waals surface area contributed by atoms with Gasteiger partial charge >= 0.3 is 0 Å². The van der Waals surface area contributed by atoms with Crippen LogP contribution in [-0.4, -0.2) is 7.05 Å². The predicted octanol–water partition coefficient (Wildman–Crippen LogP) is 4.70. The Morgan fingerprint density at radius 3 is 2.38 bits per heavy atom. The van der Waals surface area contributed by atoms with Gasteiger partial charge in [-0.15, -0.1) is 0 Å². The summed E-state index contributed by atoms with van der Waals surface area (Å²) < 4.78 is 13.5. The van der Waals surface area contributed by atoms with Crippen LogP contribution in [0.1, 0.15) is 37.1 Å². The van der Waals surface area contributed by atoms with E-state index in [1.807, 2.05) is 38.2 Å². The summed E-state index contributed by atoms with van der Waals surface area (Å²) >= 11 is 6.27. The Kier molecular flexibility index (Phi) is 4.86. The molecule has 0 aromatic heterocycles. The molecule has 0 amide bonds. The fourth-order valence-electron chi connectivity index (χ4n) is 2.44. The summed E-state index contributed by atoms with van der Waals surface area (Å²) in [5, 5.41) is 0.723. The fourth-order valence-corrected chi connectivity index (χ4v) is 2.74. The summed E-state index contributed by atoms with van der Waals surface area (Å²) in [5.41, 5.74) is 8.70. The van der Waals surface area contributed by atoms with Gasteiger partial charge in [0, 0.05) is 23.8 Å². The van der Waals surface area contributed by atoms with Crippen molar-refractivity contribution in [2.45, 2.75) is 25.9 Å². The quantitative estimate of drug-likeness (QED) is 0.887. The number of halogens is 2. The maximum atomic E-state index is 13.5. The normalized spacial score (nSPS) is 13.8. The molecular weight excluding hydrogens is 287 g/mol. The molecule has 2 aromatic carbocycles. The third-order valence-electron chi connectivity index (χ3n) is 3.80.